The standard InChI is InChI=1S/C21H33NO5/c1-27-20(24)21(25,26)15-9-6-8-12-18-17(13-14-19(18)23)11-7-4-2-3-5-10-16-22/h7,11,17-18,25-26H,2-6,8-10,12-15H2,1H3/t17-,18+/m0/s1. The highest BCUT2D eigenvalue weighted by Crippen LogP contribution is 2.34. The number of rotatable bonds is 13. The van der Waals surface area contributed by atoms with Crippen LogP contribution in [-0.2, 0) is 14.3 Å². The first kappa shape index (κ1) is 23.3. The number of nitrogens with zero attached hydrogens (tertiary/aromatic N) is 1. The van der Waals surface area contributed by atoms with Gasteiger partial charge < -0.3 is 14.9 Å². The molecule has 0 aliphatic heterocycles. The summed E-state index contributed by atoms with van der Waals surface area (Å²) in [7, 11) is 1.12. The van der Waals surface area contributed by atoms with Crippen LogP contribution >= 0.6 is 0 Å². The molecule has 0 bridgehead atoms. The van der Waals surface area contributed by atoms with E-state index in [9.17, 15) is 19.8 Å². The number of ketones is 1. The lowest BCUT2D eigenvalue weighted by Crippen LogP contribution is -2.39. The Morgan fingerprint density at radius 1 is 1.26 bits per heavy atom. The smallest absolute Gasteiger partial charge is 0.366 e. The summed E-state index contributed by atoms with van der Waals surface area (Å²) in [6.45, 7) is 0. The highest BCUT2D eigenvalue weighted by Gasteiger charge is 2.34. The molecule has 1 rings (SSSR count). The molecule has 1 aliphatic rings. The minimum Gasteiger partial charge on any atom is -0.465 e. The molecular weight excluding hydrogens is 346 g/mol. The van der Waals surface area contributed by atoms with Crippen molar-refractivity contribution in [2.45, 2.75) is 82.8 Å². The highest BCUT2D eigenvalue weighted by molar-refractivity contribution is 5.83. The van der Waals surface area contributed by atoms with Crippen molar-refractivity contribution in [3.8, 4) is 6.07 Å². The molecule has 0 amide bonds. The number of esters is 1. The molecule has 2 N–H and O–H groups in total. The largest absolute Gasteiger partial charge is 0.465 e. The summed E-state index contributed by atoms with van der Waals surface area (Å²) in [4.78, 5) is 23.3. The van der Waals surface area contributed by atoms with Crippen LogP contribution < -0.4 is 0 Å². The van der Waals surface area contributed by atoms with Crippen LogP contribution in [0.2, 0.25) is 0 Å². The van der Waals surface area contributed by atoms with Gasteiger partial charge >= 0.3 is 5.97 Å². The number of aliphatic hydroxyl groups is 2. The Balaban J connectivity index is 2.26. The molecule has 27 heavy (non-hydrogen) atoms. The normalized spacial score (nSPS) is 20.1. The molecule has 0 radical (unpaired) electrons. The molecular formula is C21H33NO5. The van der Waals surface area contributed by atoms with Gasteiger partial charge in [-0.3, -0.25) is 4.79 Å². The lowest BCUT2D eigenvalue weighted by Gasteiger charge is -2.19. The predicted octanol–water partition coefficient (Wildman–Crippen LogP) is 3.42. The van der Waals surface area contributed by atoms with Crippen molar-refractivity contribution < 1.29 is 24.5 Å². The Hall–Kier alpha value is -1.71. The van der Waals surface area contributed by atoms with Crippen LogP contribution in [0.4, 0.5) is 0 Å². The summed E-state index contributed by atoms with van der Waals surface area (Å²) in [6, 6.07) is 2.15. The van der Waals surface area contributed by atoms with Gasteiger partial charge in [0.1, 0.15) is 5.78 Å². The van der Waals surface area contributed by atoms with E-state index in [4.69, 9.17) is 5.26 Å². The van der Waals surface area contributed by atoms with E-state index in [2.05, 4.69) is 23.0 Å². The van der Waals surface area contributed by atoms with E-state index < -0.39 is 11.8 Å². The number of unbranched alkanes of at least 4 members (excludes halogenated alkanes) is 6. The Morgan fingerprint density at radius 3 is 2.70 bits per heavy atom. The van der Waals surface area contributed by atoms with Crippen molar-refractivity contribution in [2.24, 2.45) is 11.8 Å². The third-order valence-corrected chi connectivity index (χ3v) is 5.25. The number of carbonyl (C=O) groups is 2. The maximum Gasteiger partial charge on any atom is 0.366 e. The van der Waals surface area contributed by atoms with Gasteiger partial charge in [0.25, 0.3) is 5.79 Å². The maximum absolute atomic E-state index is 12.1. The van der Waals surface area contributed by atoms with Crippen LogP contribution in [0.1, 0.15) is 77.0 Å². The average molecular weight is 379 g/mol. The molecule has 0 spiro atoms. The fraction of sp³-hybridized carbons (Fsp3) is 0.762. The number of allylic oxidation sites excluding steroid dienone is 2. The molecule has 0 aromatic rings. The van der Waals surface area contributed by atoms with Crippen molar-refractivity contribution in [3.05, 3.63) is 12.2 Å². The molecule has 6 nitrogen and oxygen atoms in total. The number of hydrogen-bond donors (Lipinski definition) is 2. The van der Waals surface area contributed by atoms with Crippen molar-refractivity contribution >= 4 is 11.8 Å². The molecule has 2 atom stereocenters. The molecule has 0 saturated heterocycles. The van der Waals surface area contributed by atoms with E-state index in [0.29, 0.717) is 31.0 Å². The van der Waals surface area contributed by atoms with Crippen molar-refractivity contribution in [3.63, 3.8) is 0 Å². The quantitative estimate of drug-likeness (QED) is 0.220. The molecule has 6 heteroatoms. The van der Waals surface area contributed by atoms with Gasteiger partial charge in [0.2, 0.25) is 0 Å². The van der Waals surface area contributed by atoms with Crippen LogP contribution in [0.15, 0.2) is 12.2 Å². The first-order valence-corrected chi connectivity index (χ1v) is 10.0. The number of carbonyl (C=O) groups excluding carboxylic acids is 2. The van der Waals surface area contributed by atoms with E-state index in [0.717, 1.165) is 58.5 Å². The number of nitriles is 1. The van der Waals surface area contributed by atoms with Crippen molar-refractivity contribution in [2.75, 3.05) is 7.11 Å². The van der Waals surface area contributed by atoms with Gasteiger partial charge in [-0.2, -0.15) is 5.26 Å². The molecule has 0 aromatic carbocycles. The molecule has 1 saturated carbocycles. The van der Waals surface area contributed by atoms with Crippen LogP contribution in [0.25, 0.3) is 0 Å². The van der Waals surface area contributed by atoms with Gasteiger partial charge in [0, 0.05) is 25.2 Å². The Bertz CT molecular complexity index is 535. The first-order valence-electron chi connectivity index (χ1n) is 10.0. The summed E-state index contributed by atoms with van der Waals surface area (Å²) in [6.07, 6.45) is 13.4. The van der Waals surface area contributed by atoms with E-state index in [-0.39, 0.29) is 12.3 Å². The van der Waals surface area contributed by atoms with Crippen molar-refractivity contribution in [1.82, 2.24) is 0 Å². The number of ether oxygens (including phenoxy) is 1. The number of Topliss-reactive ketones (excluding diaryl/α,β-unsaturated/α-hetero) is 1. The fourth-order valence-corrected chi connectivity index (χ4v) is 3.63. The van der Waals surface area contributed by atoms with Gasteiger partial charge in [0.05, 0.1) is 13.2 Å². The molecule has 0 aromatic heterocycles. The van der Waals surface area contributed by atoms with Gasteiger partial charge in [0.15, 0.2) is 0 Å². The summed E-state index contributed by atoms with van der Waals surface area (Å²) in [5.74, 6) is -2.76. The van der Waals surface area contributed by atoms with E-state index in [1.54, 1.807) is 0 Å². The van der Waals surface area contributed by atoms with E-state index >= 15 is 0 Å². The second-order valence-electron chi connectivity index (χ2n) is 7.37. The second-order valence-corrected chi connectivity index (χ2v) is 7.37. The Kier molecular flexibility index (Phi) is 10.9. The second kappa shape index (κ2) is 12.6. The van der Waals surface area contributed by atoms with Crippen molar-refractivity contribution in [1.29, 1.82) is 5.26 Å². The van der Waals surface area contributed by atoms with Gasteiger partial charge in [-0.25, -0.2) is 4.79 Å². The monoisotopic (exact) mass is 379 g/mol. The lowest BCUT2D eigenvalue weighted by atomic mass is 9.89. The third-order valence-electron chi connectivity index (χ3n) is 5.25. The molecule has 1 fully saturated rings. The van der Waals surface area contributed by atoms with Gasteiger partial charge in [-0.15, -0.1) is 0 Å². The Morgan fingerprint density at radius 2 is 2.00 bits per heavy atom. The number of hydrogen-bond acceptors (Lipinski definition) is 6. The topological polar surface area (TPSA) is 108 Å². The SMILES string of the molecule is COC(=O)C(O)(O)CCCCC[C@H]1C(=O)CC[C@@H]1C=CCCCCCC#N. The highest BCUT2D eigenvalue weighted by atomic mass is 16.6. The molecule has 0 heterocycles. The van der Waals surface area contributed by atoms with Crippen LogP contribution in [-0.4, -0.2) is 34.9 Å². The number of methoxy groups -OCH3 is 1. The predicted molar refractivity (Wildman–Crippen MR) is 101 cm³/mol. The van der Waals surface area contributed by atoms with Gasteiger partial charge in [-0.1, -0.05) is 31.4 Å². The molecule has 152 valence electrons. The third kappa shape index (κ3) is 8.68. The van der Waals surface area contributed by atoms with Crippen LogP contribution in [0.5, 0.6) is 0 Å². The Labute approximate surface area is 162 Å². The summed E-state index contributed by atoms with van der Waals surface area (Å²) < 4.78 is 4.35. The molecule has 0 unspecified atom stereocenters. The zero-order valence-corrected chi connectivity index (χ0v) is 16.4. The van der Waals surface area contributed by atoms with E-state index in [1.165, 1.54) is 0 Å². The van der Waals surface area contributed by atoms with Crippen LogP contribution in [0.3, 0.4) is 0 Å². The zero-order valence-electron chi connectivity index (χ0n) is 16.4. The summed E-state index contributed by atoms with van der Waals surface area (Å²) >= 11 is 0. The average Bonchev–Trinajstić information content (AvgIpc) is 2.99. The summed E-state index contributed by atoms with van der Waals surface area (Å²) in [5.41, 5.74) is 0. The lowest BCUT2D eigenvalue weighted by molar-refractivity contribution is -0.209. The van der Waals surface area contributed by atoms with Gasteiger partial charge in [-0.05, 0) is 44.4 Å². The minimum atomic E-state index is -2.42. The molecule has 1 aliphatic carbocycles. The van der Waals surface area contributed by atoms with E-state index in [1.807, 2.05) is 0 Å². The summed E-state index contributed by atoms with van der Waals surface area (Å²) in [5, 5.41) is 27.6. The van der Waals surface area contributed by atoms with Crippen LogP contribution in [0, 0.1) is 23.2 Å². The fourth-order valence-electron chi connectivity index (χ4n) is 3.63. The first-order chi connectivity index (χ1) is 12.9. The minimum absolute atomic E-state index is 0.0621. The maximum atomic E-state index is 12.1. The zero-order chi connectivity index (χ0) is 20.1.